The summed E-state index contributed by atoms with van der Waals surface area (Å²) in [6.45, 7) is 14.8. The van der Waals surface area contributed by atoms with E-state index in [-0.39, 0.29) is 0 Å². The molecular formula is C18H35N3. The first-order valence-electron chi connectivity index (χ1n) is 8.65. The van der Waals surface area contributed by atoms with E-state index in [0.29, 0.717) is 17.5 Å². The highest BCUT2D eigenvalue weighted by Crippen LogP contribution is 2.23. The summed E-state index contributed by atoms with van der Waals surface area (Å²) in [6, 6.07) is 3.28. The molecule has 2 unspecified atom stereocenters. The number of aryl methyl sites for hydroxylation is 1. The molecule has 0 aromatic carbocycles. The zero-order valence-electron chi connectivity index (χ0n) is 14.9. The molecule has 1 aromatic rings. The Morgan fingerprint density at radius 1 is 1.29 bits per heavy atom. The number of hydrogen-bond donors (Lipinski definition) is 1. The summed E-state index contributed by atoms with van der Waals surface area (Å²) in [5, 5.41) is 8.40. The molecule has 0 saturated carbocycles. The van der Waals surface area contributed by atoms with Crippen LogP contribution in [-0.2, 0) is 6.42 Å². The molecule has 122 valence electrons. The predicted octanol–water partition coefficient (Wildman–Crippen LogP) is 4.59. The summed E-state index contributed by atoms with van der Waals surface area (Å²) in [7, 11) is 0. The van der Waals surface area contributed by atoms with Crippen molar-refractivity contribution >= 4 is 0 Å². The van der Waals surface area contributed by atoms with Gasteiger partial charge in [-0.3, -0.25) is 4.68 Å². The molecule has 0 saturated heterocycles. The Morgan fingerprint density at radius 2 is 2.00 bits per heavy atom. The molecule has 0 spiro atoms. The van der Waals surface area contributed by atoms with Gasteiger partial charge in [0.2, 0.25) is 0 Å². The largest absolute Gasteiger partial charge is 0.313 e. The van der Waals surface area contributed by atoms with Crippen molar-refractivity contribution in [3.8, 4) is 0 Å². The van der Waals surface area contributed by atoms with Gasteiger partial charge in [0.1, 0.15) is 0 Å². The number of rotatable bonds is 9. The summed E-state index contributed by atoms with van der Waals surface area (Å²) >= 11 is 0. The molecule has 1 N–H and O–H groups in total. The number of hydrogen-bond acceptors (Lipinski definition) is 2. The molecule has 3 heteroatoms. The molecule has 0 radical (unpaired) electrons. The summed E-state index contributed by atoms with van der Waals surface area (Å²) in [4.78, 5) is 0. The zero-order chi connectivity index (χ0) is 15.9. The van der Waals surface area contributed by atoms with E-state index in [1.807, 2.05) is 0 Å². The summed E-state index contributed by atoms with van der Waals surface area (Å²) < 4.78 is 2.10. The van der Waals surface area contributed by atoms with E-state index in [2.05, 4.69) is 63.8 Å². The Kier molecular flexibility index (Phi) is 7.44. The molecule has 1 rings (SSSR count). The van der Waals surface area contributed by atoms with Crippen molar-refractivity contribution in [1.82, 2.24) is 15.1 Å². The van der Waals surface area contributed by atoms with Gasteiger partial charge in [-0.05, 0) is 57.1 Å². The Bertz CT molecular complexity index is 389. The monoisotopic (exact) mass is 293 g/mol. The first kappa shape index (κ1) is 18.2. The topological polar surface area (TPSA) is 29.9 Å². The lowest BCUT2D eigenvalue weighted by Crippen LogP contribution is -2.40. The third kappa shape index (κ3) is 6.21. The summed E-state index contributed by atoms with van der Waals surface area (Å²) in [5.74, 6) is 0. The van der Waals surface area contributed by atoms with E-state index in [1.165, 1.54) is 25.0 Å². The van der Waals surface area contributed by atoms with E-state index < -0.39 is 0 Å². The quantitative estimate of drug-likeness (QED) is 0.721. The second-order valence-electron chi connectivity index (χ2n) is 7.31. The average Bonchev–Trinajstić information content (AvgIpc) is 2.89. The van der Waals surface area contributed by atoms with Crippen LogP contribution in [0.1, 0.15) is 79.0 Å². The van der Waals surface area contributed by atoms with Gasteiger partial charge in [-0.15, -0.1) is 0 Å². The van der Waals surface area contributed by atoms with Crippen LogP contribution in [0.25, 0.3) is 0 Å². The van der Waals surface area contributed by atoms with Crippen LogP contribution in [0.5, 0.6) is 0 Å². The molecule has 0 bridgehead atoms. The molecule has 3 nitrogen and oxygen atoms in total. The Morgan fingerprint density at radius 3 is 2.57 bits per heavy atom. The molecule has 1 aromatic heterocycles. The highest BCUT2D eigenvalue weighted by Gasteiger charge is 2.23. The molecule has 0 aliphatic rings. The predicted molar refractivity (Wildman–Crippen MR) is 91.7 cm³/mol. The second kappa shape index (κ2) is 8.57. The molecular weight excluding hydrogens is 258 g/mol. The van der Waals surface area contributed by atoms with Crippen LogP contribution >= 0.6 is 0 Å². The minimum Gasteiger partial charge on any atom is -0.313 e. The Hall–Kier alpha value is -0.830. The minimum absolute atomic E-state index is 0.325. The first-order valence-corrected chi connectivity index (χ1v) is 8.65. The number of nitrogens with zero attached hydrogens (tertiary/aromatic N) is 2. The highest BCUT2D eigenvalue weighted by molar-refractivity contribution is 5.00. The molecule has 0 aliphatic carbocycles. The lowest BCUT2D eigenvalue weighted by molar-refractivity contribution is 0.251. The number of aromatic nitrogens is 2. The molecule has 1 heterocycles. The summed E-state index contributed by atoms with van der Waals surface area (Å²) in [5.41, 5.74) is 1.56. The fourth-order valence-electron chi connectivity index (χ4n) is 2.59. The van der Waals surface area contributed by atoms with Crippen molar-refractivity contribution < 1.29 is 0 Å². The maximum Gasteiger partial charge on any atom is 0.0624 e. The van der Waals surface area contributed by atoms with Gasteiger partial charge in [-0.1, -0.05) is 34.6 Å². The average molecular weight is 293 g/mol. The van der Waals surface area contributed by atoms with Gasteiger partial charge in [0.25, 0.3) is 0 Å². The lowest BCUT2D eigenvalue weighted by Gasteiger charge is -2.31. The van der Waals surface area contributed by atoms with Crippen molar-refractivity contribution in [3.05, 3.63) is 18.0 Å². The van der Waals surface area contributed by atoms with E-state index in [1.54, 1.807) is 0 Å². The van der Waals surface area contributed by atoms with Crippen molar-refractivity contribution in [2.45, 2.75) is 85.7 Å². The fourth-order valence-corrected chi connectivity index (χ4v) is 2.59. The fraction of sp³-hybridized carbons (Fsp3) is 0.833. The smallest absolute Gasteiger partial charge is 0.0624 e. The van der Waals surface area contributed by atoms with Gasteiger partial charge in [-0.2, -0.15) is 5.10 Å². The van der Waals surface area contributed by atoms with Crippen molar-refractivity contribution in [1.29, 1.82) is 0 Å². The van der Waals surface area contributed by atoms with Crippen molar-refractivity contribution in [3.63, 3.8) is 0 Å². The van der Waals surface area contributed by atoms with Crippen molar-refractivity contribution in [2.75, 3.05) is 6.54 Å². The molecule has 2 atom stereocenters. The standard InChI is InChI=1S/C18H35N3/c1-7-13-19-17(18(4,5)6)11-9-10-16-12-14-21(20-16)15(3)8-2/h12,14-15,17,19H,7-11,13H2,1-6H3. The van der Waals surface area contributed by atoms with Gasteiger partial charge in [0, 0.05) is 18.3 Å². The maximum atomic E-state index is 4.70. The van der Waals surface area contributed by atoms with Crippen LogP contribution in [0.15, 0.2) is 12.3 Å². The minimum atomic E-state index is 0.325. The normalized spacial score (nSPS) is 15.1. The van der Waals surface area contributed by atoms with Gasteiger partial charge >= 0.3 is 0 Å². The van der Waals surface area contributed by atoms with E-state index in [9.17, 15) is 0 Å². The second-order valence-corrected chi connectivity index (χ2v) is 7.31. The Balaban J connectivity index is 2.44. The van der Waals surface area contributed by atoms with Gasteiger partial charge < -0.3 is 5.32 Å². The summed E-state index contributed by atoms with van der Waals surface area (Å²) in [6.07, 6.45) is 7.97. The number of nitrogens with one attached hydrogen (secondary N) is 1. The maximum absolute atomic E-state index is 4.70. The van der Waals surface area contributed by atoms with Crippen LogP contribution < -0.4 is 5.32 Å². The van der Waals surface area contributed by atoms with Crippen LogP contribution in [0, 0.1) is 5.41 Å². The zero-order valence-corrected chi connectivity index (χ0v) is 14.9. The van der Waals surface area contributed by atoms with Crippen LogP contribution in [0.4, 0.5) is 0 Å². The molecule has 0 fully saturated rings. The SMILES string of the molecule is CCCNC(CCCc1ccn(C(C)CC)n1)C(C)(C)C. The molecule has 21 heavy (non-hydrogen) atoms. The Labute approximate surface area is 131 Å². The van der Waals surface area contributed by atoms with Crippen molar-refractivity contribution in [2.24, 2.45) is 5.41 Å². The molecule has 0 amide bonds. The van der Waals surface area contributed by atoms with Crippen LogP contribution in [0.2, 0.25) is 0 Å². The van der Waals surface area contributed by atoms with E-state index >= 15 is 0 Å². The molecule has 0 aliphatic heterocycles. The van der Waals surface area contributed by atoms with Gasteiger partial charge in [-0.25, -0.2) is 0 Å². The van der Waals surface area contributed by atoms with E-state index in [0.717, 1.165) is 19.4 Å². The highest BCUT2D eigenvalue weighted by atomic mass is 15.3. The van der Waals surface area contributed by atoms with E-state index in [4.69, 9.17) is 5.10 Å². The lowest BCUT2D eigenvalue weighted by atomic mass is 9.83. The third-order valence-electron chi connectivity index (χ3n) is 4.32. The van der Waals surface area contributed by atoms with Crippen LogP contribution in [-0.4, -0.2) is 22.4 Å². The van der Waals surface area contributed by atoms with Gasteiger partial charge in [0.05, 0.1) is 5.69 Å². The first-order chi connectivity index (χ1) is 9.88. The third-order valence-corrected chi connectivity index (χ3v) is 4.32. The van der Waals surface area contributed by atoms with Crippen LogP contribution in [0.3, 0.4) is 0 Å². The van der Waals surface area contributed by atoms with Gasteiger partial charge in [0.15, 0.2) is 0 Å².